The van der Waals surface area contributed by atoms with Gasteiger partial charge in [-0.15, -0.1) is 0 Å². The Labute approximate surface area is 129 Å². The molecule has 3 N–H and O–H groups in total. The highest BCUT2D eigenvalue weighted by atomic mass is 16.5. The summed E-state index contributed by atoms with van der Waals surface area (Å²) >= 11 is 0. The summed E-state index contributed by atoms with van der Waals surface area (Å²) in [5.41, 5.74) is 0.436. The number of aromatic hydroxyl groups is 3. The minimum absolute atomic E-state index is 0.0141. The van der Waals surface area contributed by atoms with Gasteiger partial charge in [0.15, 0.2) is 0 Å². The van der Waals surface area contributed by atoms with Gasteiger partial charge in [-0.1, -0.05) is 13.8 Å². The molecule has 0 radical (unpaired) electrons. The molecular weight excluding hydrogens is 284 g/mol. The average molecular weight is 306 g/mol. The van der Waals surface area contributed by atoms with Crippen molar-refractivity contribution in [1.82, 2.24) is 0 Å². The molecule has 0 aliphatic heterocycles. The van der Waals surface area contributed by atoms with Crippen LogP contribution in [0.2, 0.25) is 0 Å². The molecule has 5 heteroatoms. The first-order valence-corrected chi connectivity index (χ1v) is 7.64. The maximum atomic E-state index is 11.4. The predicted octanol–water partition coefficient (Wildman–Crippen LogP) is 2.88. The van der Waals surface area contributed by atoms with Crippen molar-refractivity contribution in [3.05, 3.63) is 17.7 Å². The Bertz CT molecular complexity index is 598. The Kier molecular flexibility index (Phi) is 3.27. The van der Waals surface area contributed by atoms with Gasteiger partial charge in [-0.3, -0.25) is 4.79 Å². The highest BCUT2D eigenvalue weighted by molar-refractivity contribution is 5.66. The van der Waals surface area contributed by atoms with E-state index in [4.69, 9.17) is 4.74 Å². The zero-order chi connectivity index (χ0) is 16.2. The lowest BCUT2D eigenvalue weighted by Gasteiger charge is -2.62. The molecule has 1 aromatic carbocycles. The summed E-state index contributed by atoms with van der Waals surface area (Å²) in [5.74, 6) is -0.147. The fourth-order valence-corrected chi connectivity index (χ4v) is 4.54. The molecule has 4 atom stereocenters. The maximum Gasteiger partial charge on any atom is 0.302 e. The second-order valence-electron chi connectivity index (χ2n) is 7.16. The van der Waals surface area contributed by atoms with E-state index in [1.165, 1.54) is 19.1 Å². The van der Waals surface area contributed by atoms with Gasteiger partial charge in [0.2, 0.25) is 0 Å². The number of phenolic OH excluding ortho intramolecular Hbond substituents is 3. The minimum atomic E-state index is -0.302. The summed E-state index contributed by atoms with van der Waals surface area (Å²) in [6.07, 6.45) is 1.30. The van der Waals surface area contributed by atoms with Gasteiger partial charge in [-0.25, -0.2) is 0 Å². The van der Waals surface area contributed by atoms with Crippen LogP contribution < -0.4 is 0 Å². The minimum Gasteiger partial charge on any atom is -0.508 e. The largest absolute Gasteiger partial charge is 0.508 e. The molecule has 0 heterocycles. The standard InChI is InChI=1S/C17H22O5/c1-8(18)22-15-6-10(11-7-12(15)17(11,2)3)16-13(20)4-9(19)5-14(16)21/h4-5,10-12,15,19-21H,6-7H2,1-3H3/t10-,11?,12?,15?/m1/s1. The Hall–Kier alpha value is -1.91. The molecular formula is C17H22O5. The van der Waals surface area contributed by atoms with Crippen LogP contribution in [0.15, 0.2) is 12.1 Å². The molecule has 0 amide bonds. The van der Waals surface area contributed by atoms with Crippen molar-refractivity contribution in [2.45, 2.75) is 45.6 Å². The fraction of sp³-hybridized carbons (Fsp3) is 0.588. The topological polar surface area (TPSA) is 87.0 Å². The zero-order valence-corrected chi connectivity index (χ0v) is 13.0. The lowest BCUT2D eigenvalue weighted by Crippen LogP contribution is -2.58. The normalized spacial score (nSPS) is 32.1. The molecule has 0 saturated heterocycles. The third-order valence-electron chi connectivity index (χ3n) is 5.65. The van der Waals surface area contributed by atoms with Crippen LogP contribution in [-0.4, -0.2) is 27.4 Å². The lowest BCUT2D eigenvalue weighted by molar-refractivity contribution is -0.185. The average Bonchev–Trinajstić information content (AvgIpc) is 2.35. The van der Waals surface area contributed by atoms with E-state index in [-0.39, 0.29) is 40.7 Å². The summed E-state index contributed by atoms with van der Waals surface area (Å²) < 4.78 is 5.48. The maximum absolute atomic E-state index is 11.4. The molecule has 5 nitrogen and oxygen atoms in total. The highest BCUT2D eigenvalue weighted by Gasteiger charge is 2.60. The SMILES string of the molecule is CC(=O)OC1C[C@@H](c2c(O)cc(O)cc2O)C2CC1C2(C)C. The molecule has 3 saturated carbocycles. The van der Waals surface area contributed by atoms with Crippen molar-refractivity contribution in [2.75, 3.05) is 0 Å². The van der Waals surface area contributed by atoms with Crippen molar-refractivity contribution in [3.63, 3.8) is 0 Å². The number of ether oxygens (including phenoxy) is 1. The van der Waals surface area contributed by atoms with Crippen LogP contribution in [-0.2, 0) is 9.53 Å². The number of esters is 1. The molecule has 2 bridgehead atoms. The third kappa shape index (κ3) is 2.11. The van der Waals surface area contributed by atoms with Crippen LogP contribution in [0.3, 0.4) is 0 Å². The molecule has 22 heavy (non-hydrogen) atoms. The quantitative estimate of drug-likeness (QED) is 0.731. The first-order valence-electron chi connectivity index (χ1n) is 7.64. The van der Waals surface area contributed by atoms with Crippen LogP contribution in [0, 0.1) is 17.3 Å². The number of fused-ring (bicyclic) bond motifs is 2. The monoisotopic (exact) mass is 306 g/mol. The van der Waals surface area contributed by atoms with Gasteiger partial charge in [0.25, 0.3) is 0 Å². The summed E-state index contributed by atoms with van der Waals surface area (Å²) in [6.45, 7) is 5.69. The lowest BCUT2D eigenvalue weighted by atomic mass is 9.43. The van der Waals surface area contributed by atoms with E-state index in [0.717, 1.165) is 6.42 Å². The predicted molar refractivity (Wildman–Crippen MR) is 79.7 cm³/mol. The number of carbonyl (C=O) groups excluding carboxylic acids is 1. The Morgan fingerprint density at radius 1 is 1.14 bits per heavy atom. The molecule has 0 aromatic heterocycles. The smallest absolute Gasteiger partial charge is 0.302 e. The van der Waals surface area contributed by atoms with Crippen molar-refractivity contribution < 1.29 is 24.9 Å². The van der Waals surface area contributed by atoms with Gasteiger partial charge >= 0.3 is 5.97 Å². The van der Waals surface area contributed by atoms with Crippen LogP contribution in [0.25, 0.3) is 0 Å². The van der Waals surface area contributed by atoms with Crippen LogP contribution in [0.4, 0.5) is 0 Å². The Morgan fingerprint density at radius 3 is 2.23 bits per heavy atom. The molecule has 120 valence electrons. The Balaban J connectivity index is 1.99. The van der Waals surface area contributed by atoms with Gasteiger partial charge < -0.3 is 20.1 Å². The molecule has 1 aromatic rings. The molecule has 0 spiro atoms. The van der Waals surface area contributed by atoms with E-state index in [2.05, 4.69) is 13.8 Å². The molecule has 3 unspecified atom stereocenters. The molecule has 3 fully saturated rings. The van der Waals surface area contributed by atoms with E-state index in [9.17, 15) is 20.1 Å². The van der Waals surface area contributed by atoms with Crippen LogP contribution in [0.1, 0.15) is 45.1 Å². The number of carbonyl (C=O) groups is 1. The number of phenols is 3. The first kappa shape index (κ1) is 15.0. The first-order chi connectivity index (χ1) is 10.2. The highest BCUT2D eigenvalue weighted by Crippen LogP contribution is 2.66. The molecule has 4 rings (SSSR count). The van der Waals surface area contributed by atoms with E-state index in [1.54, 1.807) is 0 Å². The van der Waals surface area contributed by atoms with Crippen molar-refractivity contribution in [1.29, 1.82) is 0 Å². The van der Waals surface area contributed by atoms with Crippen molar-refractivity contribution in [3.8, 4) is 17.2 Å². The Morgan fingerprint density at radius 2 is 1.73 bits per heavy atom. The van der Waals surface area contributed by atoms with Crippen LogP contribution in [0.5, 0.6) is 17.2 Å². The molecule has 3 aliphatic carbocycles. The van der Waals surface area contributed by atoms with E-state index in [0.29, 0.717) is 23.8 Å². The van der Waals surface area contributed by atoms with E-state index >= 15 is 0 Å². The second kappa shape index (κ2) is 4.80. The van der Waals surface area contributed by atoms with Crippen molar-refractivity contribution in [2.24, 2.45) is 17.3 Å². The van der Waals surface area contributed by atoms with E-state index in [1.807, 2.05) is 0 Å². The van der Waals surface area contributed by atoms with Gasteiger partial charge in [0.1, 0.15) is 23.4 Å². The van der Waals surface area contributed by atoms with Crippen molar-refractivity contribution >= 4 is 5.97 Å². The number of benzene rings is 1. The third-order valence-corrected chi connectivity index (χ3v) is 5.65. The van der Waals surface area contributed by atoms with Crippen LogP contribution >= 0.6 is 0 Å². The zero-order valence-electron chi connectivity index (χ0n) is 13.0. The van der Waals surface area contributed by atoms with Gasteiger partial charge in [0.05, 0.1) is 0 Å². The summed E-state index contributed by atoms with van der Waals surface area (Å²) in [4.78, 5) is 11.4. The number of hydrogen-bond donors (Lipinski definition) is 3. The second-order valence-corrected chi connectivity index (χ2v) is 7.16. The molecule has 3 aliphatic rings. The summed E-state index contributed by atoms with van der Waals surface area (Å²) in [6, 6.07) is 2.49. The summed E-state index contributed by atoms with van der Waals surface area (Å²) in [7, 11) is 0. The van der Waals surface area contributed by atoms with Gasteiger partial charge in [-0.05, 0) is 30.1 Å². The van der Waals surface area contributed by atoms with E-state index < -0.39 is 0 Å². The van der Waals surface area contributed by atoms with Gasteiger partial charge in [-0.2, -0.15) is 0 Å². The fourth-order valence-electron chi connectivity index (χ4n) is 4.54. The van der Waals surface area contributed by atoms with Gasteiger partial charge in [0, 0.05) is 30.5 Å². The number of hydrogen-bond acceptors (Lipinski definition) is 5. The number of rotatable bonds is 2. The summed E-state index contributed by atoms with van der Waals surface area (Å²) in [5, 5.41) is 29.8.